The first-order chi connectivity index (χ1) is 16.9. The van der Waals surface area contributed by atoms with Crippen molar-refractivity contribution in [1.82, 2.24) is 0 Å². The summed E-state index contributed by atoms with van der Waals surface area (Å²) in [5.41, 5.74) is 1.54. The summed E-state index contributed by atoms with van der Waals surface area (Å²) < 4.78 is 16.4. The van der Waals surface area contributed by atoms with Crippen molar-refractivity contribution in [2.75, 3.05) is 13.7 Å². The maximum atomic E-state index is 12.4. The van der Waals surface area contributed by atoms with E-state index < -0.39 is 5.97 Å². The molecular formula is C26H26ClNO6S. The van der Waals surface area contributed by atoms with Crippen LogP contribution in [0.15, 0.2) is 63.7 Å². The molecule has 3 rings (SSSR count). The summed E-state index contributed by atoms with van der Waals surface area (Å²) >= 11 is 6.96. The quantitative estimate of drug-likeness (QED) is 0.402. The van der Waals surface area contributed by atoms with E-state index in [1.165, 1.54) is 7.11 Å². The number of methoxy groups -OCH3 is 1. The van der Waals surface area contributed by atoms with Gasteiger partial charge in [0.25, 0.3) is 0 Å². The molecule has 0 saturated heterocycles. The SMILES string of the molecule is CCCC(=O)N=C1S/C(=C\c2ccc(OCc3ccc(Cl)cc3)c(OC)c2)C(O)=C1C(=O)OCC. The highest BCUT2D eigenvalue weighted by Crippen LogP contribution is 2.40. The molecule has 35 heavy (non-hydrogen) atoms. The van der Waals surface area contributed by atoms with E-state index in [2.05, 4.69) is 4.99 Å². The van der Waals surface area contributed by atoms with Crippen molar-refractivity contribution in [1.29, 1.82) is 0 Å². The number of rotatable bonds is 9. The highest BCUT2D eigenvalue weighted by atomic mass is 35.5. The first-order valence-electron chi connectivity index (χ1n) is 11.0. The Hall–Kier alpha value is -3.23. The molecule has 0 bridgehead atoms. The number of ether oxygens (including phenoxy) is 3. The van der Waals surface area contributed by atoms with Crippen LogP contribution < -0.4 is 9.47 Å². The van der Waals surface area contributed by atoms with Crippen LogP contribution in [0.2, 0.25) is 5.02 Å². The van der Waals surface area contributed by atoms with E-state index >= 15 is 0 Å². The lowest BCUT2D eigenvalue weighted by Gasteiger charge is -2.12. The number of amides is 1. The molecule has 0 unspecified atom stereocenters. The second-order valence-electron chi connectivity index (χ2n) is 7.44. The lowest BCUT2D eigenvalue weighted by molar-refractivity contribution is -0.138. The average Bonchev–Trinajstić information content (AvgIpc) is 3.13. The largest absolute Gasteiger partial charge is 0.506 e. The molecule has 0 aliphatic carbocycles. The summed E-state index contributed by atoms with van der Waals surface area (Å²) in [7, 11) is 1.53. The number of benzene rings is 2. The first-order valence-corrected chi connectivity index (χ1v) is 12.2. The maximum absolute atomic E-state index is 12.4. The van der Waals surface area contributed by atoms with Gasteiger partial charge in [-0.2, -0.15) is 0 Å². The molecule has 0 saturated carbocycles. The van der Waals surface area contributed by atoms with Gasteiger partial charge in [0.1, 0.15) is 23.0 Å². The normalized spacial score (nSPS) is 15.5. The van der Waals surface area contributed by atoms with E-state index in [-0.39, 0.29) is 35.3 Å². The van der Waals surface area contributed by atoms with E-state index in [1.54, 1.807) is 43.3 Å². The number of carbonyl (C=O) groups excluding carboxylic acids is 2. The van der Waals surface area contributed by atoms with Gasteiger partial charge in [-0.25, -0.2) is 9.79 Å². The van der Waals surface area contributed by atoms with Crippen LogP contribution in [0.3, 0.4) is 0 Å². The molecule has 2 aromatic carbocycles. The molecule has 9 heteroatoms. The number of halogens is 1. The predicted molar refractivity (Wildman–Crippen MR) is 138 cm³/mol. The molecule has 0 radical (unpaired) electrons. The number of esters is 1. The Morgan fingerprint density at radius 3 is 2.51 bits per heavy atom. The minimum atomic E-state index is -0.729. The summed E-state index contributed by atoms with van der Waals surface area (Å²) in [5, 5.41) is 11.5. The van der Waals surface area contributed by atoms with Gasteiger partial charge in [-0.05, 0) is 54.8 Å². The zero-order valence-electron chi connectivity index (χ0n) is 19.7. The lowest BCUT2D eigenvalue weighted by Crippen LogP contribution is -2.14. The third-order valence-corrected chi connectivity index (χ3v) is 6.13. The van der Waals surface area contributed by atoms with Crippen molar-refractivity contribution in [3.63, 3.8) is 0 Å². The molecule has 0 aromatic heterocycles. The van der Waals surface area contributed by atoms with Gasteiger partial charge in [-0.15, -0.1) is 0 Å². The highest BCUT2D eigenvalue weighted by molar-refractivity contribution is 8.18. The topological polar surface area (TPSA) is 94.4 Å². The van der Waals surface area contributed by atoms with Crippen molar-refractivity contribution < 1.29 is 28.9 Å². The molecule has 1 N–H and O–H groups in total. The summed E-state index contributed by atoms with van der Waals surface area (Å²) in [4.78, 5) is 28.9. The summed E-state index contributed by atoms with van der Waals surface area (Å²) in [6, 6.07) is 12.7. The van der Waals surface area contributed by atoms with Crippen LogP contribution in [-0.2, 0) is 20.9 Å². The third-order valence-electron chi connectivity index (χ3n) is 4.85. The van der Waals surface area contributed by atoms with Crippen molar-refractivity contribution in [2.24, 2.45) is 4.99 Å². The molecule has 1 aliphatic heterocycles. The van der Waals surface area contributed by atoms with Gasteiger partial charge in [0.15, 0.2) is 11.5 Å². The van der Waals surface area contributed by atoms with Crippen LogP contribution in [0.5, 0.6) is 11.5 Å². The second-order valence-corrected chi connectivity index (χ2v) is 8.91. The van der Waals surface area contributed by atoms with Crippen molar-refractivity contribution in [3.05, 3.63) is 74.9 Å². The molecule has 0 fully saturated rings. The smallest absolute Gasteiger partial charge is 0.344 e. The fourth-order valence-corrected chi connectivity index (χ4v) is 4.32. The van der Waals surface area contributed by atoms with E-state index in [1.807, 2.05) is 19.1 Å². The number of aliphatic hydroxyl groups excluding tert-OH is 1. The lowest BCUT2D eigenvalue weighted by atomic mass is 10.1. The number of hydrogen-bond donors (Lipinski definition) is 1. The maximum Gasteiger partial charge on any atom is 0.344 e. The van der Waals surface area contributed by atoms with Crippen LogP contribution in [0.1, 0.15) is 37.8 Å². The number of aliphatic imine (C=N–C) groups is 1. The summed E-state index contributed by atoms with van der Waals surface area (Å²) in [6.45, 7) is 3.99. The zero-order valence-corrected chi connectivity index (χ0v) is 21.2. The Balaban J connectivity index is 1.87. The van der Waals surface area contributed by atoms with E-state index in [0.717, 1.165) is 17.3 Å². The second kappa shape index (κ2) is 12.5. The van der Waals surface area contributed by atoms with Gasteiger partial charge in [-0.1, -0.05) is 48.5 Å². The molecule has 1 aliphatic rings. The molecule has 7 nitrogen and oxygen atoms in total. The van der Waals surface area contributed by atoms with Crippen molar-refractivity contribution >= 4 is 46.4 Å². The number of nitrogens with zero attached hydrogens (tertiary/aromatic N) is 1. The molecule has 184 valence electrons. The fourth-order valence-electron chi connectivity index (χ4n) is 3.16. The Bertz CT molecular complexity index is 1190. The van der Waals surface area contributed by atoms with E-state index in [4.69, 9.17) is 25.8 Å². The van der Waals surface area contributed by atoms with Crippen molar-refractivity contribution in [3.8, 4) is 11.5 Å². The summed E-state index contributed by atoms with van der Waals surface area (Å²) in [5.74, 6) is -0.332. The van der Waals surface area contributed by atoms with Crippen LogP contribution >= 0.6 is 23.4 Å². The third kappa shape index (κ3) is 6.90. The predicted octanol–water partition coefficient (Wildman–Crippen LogP) is 6.12. The zero-order chi connectivity index (χ0) is 25.4. The first kappa shape index (κ1) is 26.4. The van der Waals surface area contributed by atoms with Crippen LogP contribution in [0, 0.1) is 0 Å². The minimum Gasteiger partial charge on any atom is -0.506 e. The summed E-state index contributed by atoms with van der Waals surface area (Å²) in [6.07, 6.45) is 2.55. The number of aliphatic hydroxyl groups is 1. The molecule has 1 heterocycles. The Labute approximate surface area is 213 Å². The highest BCUT2D eigenvalue weighted by Gasteiger charge is 2.33. The van der Waals surface area contributed by atoms with Crippen LogP contribution in [0.25, 0.3) is 6.08 Å². The van der Waals surface area contributed by atoms with Gasteiger partial charge in [0.05, 0.1) is 18.6 Å². The monoisotopic (exact) mass is 515 g/mol. The van der Waals surface area contributed by atoms with Crippen LogP contribution in [-0.4, -0.2) is 35.7 Å². The van der Waals surface area contributed by atoms with Gasteiger partial charge >= 0.3 is 5.97 Å². The van der Waals surface area contributed by atoms with Gasteiger partial charge in [0, 0.05) is 11.4 Å². The minimum absolute atomic E-state index is 0.109. The molecule has 0 atom stereocenters. The van der Waals surface area contributed by atoms with Gasteiger partial charge < -0.3 is 19.3 Å². The number of thioether (sulfide) groups is 1. The molecule has 2 aromatic rings. The van der Waals surface area contributed by atoms with Crippen LogP contribution in [0.4, 0.5) is 0 Å². The number of carbonyl (C=O) groups is 2. The number of hydrogen-bond acceptors (Lipinski definition) is 7. The van der Waals surface area contributed by atoms with E-state index in [0.29, 0.717) is 40.0 Å². The molecule has 0 spiro atoms. The van der Waals surface area contributed by atoms with Gasteiger partial charge in [-0.3, -0.25) is 4.79 Å². The van der Waals surface area contributed by atoms with Crippen molar-refractivity contribution in [2.45, 2.75) is 33.3 Å². The average molecular weight is 516 g/mol. The Morgan fingerprint density at radius 2 is 1.86 bits per heavy atom. The standard InChI is InChI=1S/C26H26ClNO6S/c1-4-6-22(29)28-25-23(26(31)33-5-2)24(30)21(35-25)14-17-9-12-19(20(13-17)32-3)34-15-16-7-10-18(27)11-8-16/h7-14,30H,4-6,15H2,1-3H3/b21-14-,28-25?. The van der Waals surface area contributed by atoms with Gasteiger partial charge in [0.2, 0.25) is 5.91 Å². The molecule has 1 amide bonds. The Morgan fingerprint density at radius 1 is 1.11 bits per heavy atom. The Kier molecular flexibility index (Phi) is 9.39. The molecular weight excluding hydrogens is 490 g/mol. The fraction of sp³-hybridized carbons (Fsp3) is 0.269. The van der Waals surface area contributed by atoms with E-state index in [9.17, 15) is 14.7 Å².